The van der Waals surface area contributed by atoms with Crippen molar-refractivity contribution in [2.75, 3.05) is 0 Å². The molecule has 1 aliphatic carbocycles. The van der Waals surface area contributed by atoms with E-state index in [1.165, 1.54) is 26.7 Å². The van der Waals surface area contributed by atoms with Gasteiger partial charge in [0.1, 0.15) is 12.2 Å². The van der Waals surface area contributed by atoms with E-state index in [9.17, 15) is 14.4 Å². The maximum atomic E-state index is 11.6. The average Bonchev–Trinajstić information content (AvgIpc) is 3.46. The molecular formula is C24H36O6. The third kappa shape index (κ3) is 8.72. The van der Waals surface area contributed by atoms with E-state index in [-0.39, 0.29) is 12.1 Å². The minimum absolute atomic E-state index is 0.0107. The highest BCUT2D eigenvalue weighted by atomic mass is 16.6. The monoisotopic (exact) mass is 420 g/mol. The Morgan fingerprint density at radius 2 is 1.93 bits per heavy atom. The molecule has 2 rings (SSSR count). The molecule has 0 spiro atoms. The zero-order valence-corrected chi connectivity index (χ0v) is 18.5. The topological polar surface area (TPSA) is 78.9 Å². The molecule has 0 amide bonds. The number of unbranched alkanes of at least 4 members (excludes halogenated alkanes) is 3. The van der Waals surface area contributed by atoms with Gasteiger partial charge in [-0.05, 0) is 44.1 Å². The summed E-state index contributed by atoms with van der Waals surface area (Å²) in [6.45, 7) is 4.88. The molecule has 0 aromatic rings. The van der Waals surface area contributed by atoms with E-state index in [1.807, 2.05) is 18.2 Å². The lowest BCUT2D eigenvalue weighted by Gasteiger charge is -2.23. The van der Waals surface area contributed by atoms with Crippen LogP contribution in [0, 0.1) is 11.8 Å². The number of carbonyl (C=O) groups is 3. The number of esters is 3. The van der Waals surface area contributed by atoms with Crippen LogP contribution < -0.4 is 0 Å². The Hall–Kier alpha value is -2.11. The van der Waals surface area contributed by atoms with Crippen molar-refractivity contribution in [1.29, 1.82) is 0 Å². The third-order valence-electron chi connectivity index (χ3n) is 5.56. The standard InChI is InChI=1S/C24H36O6/c1-4-5-6-7-8-9-11-22(28-17(2)25)23(29-18(3)26)15-14-19-16-20(19)21-12-10-13-24(27)30-21/h8-9,14-15,19-23H,4-7,10-13,16H2,1-3H3/b9-8-,15-14+/t19-,20-,21+,22-,23-/m0/s1. The van der Waals surface area contributed by atoms with Crippen LogP contribution in [0.25, 0.3) is 0 Å². The Kier molecular flexibility index (Phi) is 10.1. The fourth-order valence-corrected chi connectivity index (χ4v) is 3.93. The molecule has 1 aliphatic heterocycles. The molecule has 6 heteroatoms. The second-order valence-electron chi connectivity index (χ2n) is 8.29. The molecule has 2 aliphatic rings. The molecule has 1 saturated heterocycles. The van der Waals surface area contributed by atoms with Crippen molar-refractivity contribution >= 4 is 17.9 Å². The van der Waals surface area contributed by atoms with Gasteiger partial charge in [-0.1, -0.05) is 38.0 Å². The van der Waals surface area contributed by atoms with Crippen molar-refractivity contribution in [2.24, 2.45) is 11.8 Å². The molecule has 0 radical (unpaired) electrons. The highest BCUT2D eigenvalue weighted by molar-refractivity contribution is 5.70. The predicted octanol–water partition coefficient (Wildman–Crippen LogP) is 4.66. The van der Waals surface area contributed by atoms with E-state index in [2.05, 4.69) is 13.0 Å². The molecule has 1 heterocycles. The van der Waals surface area contributed by atoms with Gasteiger partial charge >= 0.3 is 17.9 Å². The number of cyclic esters (lactones) is 1. The molecule has 0 unspecified atom stereocenters. The van der Waals surface area contributed by atoms with Gasteiger partial charge in [-0.2, -0.15) is 0 Å². The van der Waals surface area contributed by atoms with Crippen molar-refractivity contribution in [3.8, 4) is 0 Å². The first-order valence-corrected chi connectivity index (χ1v) is 11.3. The smallest absolute Gasteiger partial charge is 0.306 e. The van der Waals surface area contributed by atoms with Crippen LogP contribution in [0.1, 0.15) is 78.6 Å². The van der Waals surface area contributed by atoms with Crippen molar-refractivity contribution in [2.45, 2.75) is 96.9 Å². The second kappa shape index (κ2) is 12.6. The first kappa shape index (κ1) is 24.2. The average molecular weight is 421 g/mol. The van der Waals surface area contributed by atoms with E-state index in [4.69, 9.17) is 14.2 Å². The lowest BCUT2D eigenvalue weighted by atomic mass is 10.0. The maximum absolute atomic E-state index is 11.6. The maximum Gasteiger partial charge on any atom is 0.306 e. The molecule has 6 nitrogen and oxygen atoms in total. The summed E-state index contributed by atoms with van der Waals surface area (Å²) >= 11 is 0. The normalized spacial score (nSPS) is 25.7. The Balaban J connectivity index is 1.95. The highest BCUT2D eigenvalue weighted by Gasteiger charge is 2.44. The fraction of sp³-hybridized carbons (Fsp3) is 0.708. The minimum Gasteiger partial charge on any atom is -0.462 e. The molecule has 5 atom stereocenters. The zero-order chi connectivity index (χ0) is 21.9. The summed E-state index contributed by atoms with van der Waals surface area (Å²) in [6.07, 6.45) is 14.9. The molecule has 0 aromatic heterocycles. The number of hydrogen-bond donors (Lipinski definition) is 0. The molecule has 30 heavy (non-hydrogen) atoms. The SMILES string of the molecule is CCCCC/C=C\C[C@H](OC(C)=O)[C@H](/C=C/[C@H]1C[C@@H]1[C@H]1CCCC(=O)O1)OC(C)=O. The van der Waals surface area contributed by atoms with Gasteiger partial charge in [0.05, 0.1) is 0 Å². The van der Waals surface area contributed by atoms with Crippen LogP contribution in [0.5, 0.6) is 0 Å². The summed E-state index contributed by atoms with van der Waals surface area (Å²) in [5, 5.41) is 0. The summed E-state index contributed by atoms with van der Waals surface area (Å²) in [7, 11) is 0. The minimum atomic E-state index is -0.637. The largest absolute Gasteiger partial charge is 0.462 e. The van der Waals surface area contributed by atoms with Crippen molar-refractivity contribution in [3.63, 3.8) is 0 Å². The summed E-state index contributed by atoms with van der Waals surface area (Å²) < 4.78 is 16.4. The summed E-state index contributed by atoms with van der Waals surface area (Å²) in [6, 6.07) is 0. The van der Waals surface area contributed by atoms with Crippen LogP contribution in [0.15, 0.2) is 24.3 Å². The van der Waals surface area contributed by atoms with Gasteiger partial charge < -0.3 is 14.2 Å². The van der Waals surface area contributed by atoms with Gasteiger partial charge in [-0.25, -0.2) is 0 Å². The van der Waals surface area contributed by atoms with E-state index in [0.29, 0.717) is 24.7 Å². The van der Waals surface area contributed by atoms with Crippen LogP contribution in [0.2, 0.25) is 0 Å². The Labute approximate surface area is 180 Å². The quantitative estimate of drug-likeness (QED) is 0.198. The zero-order valence-electron chi connectivity index (χ0n) is 18.5. The van der Waals surface area contributed by atoms with Crippen LogP contribution >= 0.6 is 0 Å². The molecule has 2 fully saturated rings. The first-order valence-electron chi connectivity index (χ1n) is 11.3. The number of carbonyl (C=O) groups excluding carboxylic acids is 3. The number of rotatable bonds is 12. The van der Waals surface area contributed by atoms with Crippen LogP contribution in [-0.4, -0.2) is 36.2 Å². The Bertz CT molecular complexity index is 638. The van der Waals surface area contributed by atoms with Crippen molar-refractivity contribution in [3.05, 3.63) is 24.3 Å². The highest BCUT2D eigenvalue weighted by Crippen LogP contribution is 2.46. The molecule has 0 bridgehead atoms. The van der Waals surface area contributed by atoms with Gasteiger partial charge in [0.2, 0.25) is 0 Å². The molecule has 168 valence electrons. The number of allylic oxidation sites excluding steroid dienone is 2. The molecular weight excluding hydrogens is 384 g/mol. The van der Waals surface area contributed by atoms with Gasteiger partial charge in [0.25, 0.3) is 0 Å². The van der Waals surface area contributed by atoms with Crippen LogP contribution in [0.3, 0.4) is 0 Å². The van der Waals surface area contributed by atoms with Crippen LogP contribution in [-0.2, 0) is 28.6 Å². The predicted molar refractivity (Wildman–Crippen MR) is 113 cm³/mol. The van der Waals surface area contributed by atoms with Gasteiger partial charge in [-0.3, -0.25) is 14.4 Å². The molecule has 0 N–H and O–H groups in total. The van der Waals surface area contributed by atoms with E-state index < -0.39 is 24.1 Å². The van der Waals surface area contributed by atoms with Crippen molar-refractivity contribution in [1.82, 2.24) is 0 Å². The van der Waals surface area contributed by atoms with Crippen molar-refractivity contribution < 1.29 is 28.6 Å². The first-order chi connectivity index (χ1) is 14.4. The van der Waals surface area contributed by atoms with E-state index >= 15 is 0 Å². The van der Waals surface area contributed by atoms with Crippen LogP contribution in [0.4, 0.5) is 0 Å². The fourth-order valence-electron chi connectivity index (χ4n) is 3.93. The Morgan fingerprint density at radius 1 is 1.17 bits per heavy atom. The van der Waals surface area contributed by atoms with Gasteiger partial charge in [0.15, 0.2) is 6.10 Å². The van der Waals surface area contributed by atoms with E-state index in [1.54, 1.807) is 0 Å². The Morgan fingerprint density at radius 3 is 2.60 bits per heavy atom. The summed E-state index contributed by atoms with van der Waals surface area (Å²) in [5.41, 5.74) is 0. The number of hydrogen-bond acceptors (Lipinski definition) is 6. The molecule has 1 saturated carbocycles. The van der Waals surface area contributed by atoms with Gasteiger partial charge in [0, 0.05) is 32.6 Å². The van der Waals surface area contributed by atoms with E-state index in [0.717, 1.165) is 32.1 Å². The lowest BCUT2D eigenvalue weighted by molar-refractivity contribution is -0.161. The third-order valence-corrected chi connectivity index (χ3v) is 5.56. The lowest BCUT2D eigenvalue weighted by Crippen LogP contribution is -2.32. The molecule has 0 aromatic carbocycles. The second-order valence-corrected chi connectivity index (χ2v) is 8.29. The summed E-state index contributed by atoms with van der Waals surface area (Å²) in [4.78, 5) is 34.7. The number of ether oxygens (including phenoxy) is 3. The summed E-state index contributed by atoms with van der Waals surface area (Å²) in [5.74, 6) is -0.305. The van der Waals surface area contributed by atoms with Gasteiger partial charge in [-0.15, -0.1) is 0 Å².